The molecule has 0 bridgehead atoms. The van der Waals surface area contributed by atoms with E-state index in [0.29, 0.717) is 10.2 Å². The van der Waals surface area contributed by atoms with Crippen molar-refractivity contribution in [2.75, 3.05) is 18.4 Å². The summed E-state index contributed by atoms with van der Waals surface area (Å²) in [5.74, 6) is -0.374. The lowest BCUT2D eigenvalue weighted by molar-refractivity contribution is 0.0576. The van der Waals surface area contributed by atoms with Gasteiger partial charge in [-0.1, -0.05) is 15.9 Å². The molecule has 8 heteroatoms. The van der Waals surface area contributed by atoms with Gasteiger partial charge in [0.25, 0.3) is 12.3 Å². The molecule has 17 heavy (non-hydrogen) atoms. The van der Waals surface area contributed by atoms with Crippen molar-refractivity contribution in [3.63, 3.8) is 0 Å². The lowest BCUT2D eigenvalue weighted by Crippen LogP contribution is -2.36. The Morgan fingerprint density at radius 1 is 1.47 bits per heavy atom. The van der Waals surface area contributed by atoms with Gasteiger partial charge in [-0.15, -0.1) is 11.3 Å². The molecule has 0 atom stereocenters. The second-order valence-electron chi connectivity index (χ2n) is 3.06. The van der Waals surface area contributed by atoms with Gasteiger partial charge in [0, 0.05) is 16.3 Å². The second kappa shape index (κ2) is 7.16. The van der Waals surface area contributed by atoms with Crippen molar-refractivity contribution in [1.29, 1.82) is 0 Å². The number of nitrogens with zero attached hydrogens (tertiary/aromatic N) is 1. The fraction of sp³-hybridized carbons (Fsp3) is 0.444. The first-order chi connectivity index (χ1) is 7.95. The van der Waals surface area contributed by atoms with Gasteiger partial charge in [0.15, 0.2) is 0 Å². The van der Waals surface area contributed by atoms with Crippen LogP contribution in [0.5, 0.6) is 0 Å². The molecular weight excluding hydrogens is 448 g/mol. The maximum absolute atomic E-state index is 12.3. The van der Waals surface area contributed by atoms with E-state index in [-0.39, 0.29) is 12.5 Å². The van der Waals surface area contributed by atoms with Crippen molar-refractivity contribution in [2.24, 2.45) is 0 Å². The molecule has 0 spiro atoms. The molecule has 1 aromatic heterocycles. The summed E-state index contributed by atoms with van der Waals surface area (Å²) in [6.45, 7) is -0.284. The van der Waals surface area contributed by atoms with Gasteiger partial charge < -0.3 is 4.90 Å². The van der Waals surface area contributed by atoms with Crippen LogP contribution in [0.25, 0.3) is 0 Å². The van der Waals surface area contributed by atoms with Crippen LogP contribution in [0.4, 0.5) is 8.78 Å². The zero-order chi connectivity index (χ0) is 13.0. The second-order valence-corrected chi connectivity index (χ2v) is 7.08. The van der Waals surface area contributed by atoms with E-state index in [0.717, 1.165) is 13.2 Å². The number of rotatable bonds is 5. The lowest BCUT2D eigenvalue weighted by Gasteiger charge is -2.20. The van der Waals surface area contributed by atoms with Gasteiger partial charge in [0.2, 0.25) is 0 Å². The number of hydrogen-bond donors (Lipinski definition) is 0. The summed E-state index contributed by atoms with van der Waals surface area (Å²) in [5.41, 5.74) is 0. The van der Waals surface area contributed by atoms with E-state index in [9.17, 15) is 13.6 Å². The smallest absolute Gasteiger partial charge is 0.264 e. The van der Waals surface area contributed by atoms with Gasteiger partial charge in [-0.3, -0.25) is 4.79 Å². The Morgan fingerprint density at radius 2 is 2.12 bits per heavy atom. The van der Waals surface area contributed by atoms with Crippen molar-refractivity contribution in [3.8, 4) is 0 Å². The minimum atomic E-state index is -2.52. The lowest BCUT2D eigenvalue weighted by atomic mass is 10.4. The molecule has 0 aromatic carbocycles. The summed E-state index contributed by atoms with van der Waals surface area (Å²) in [5, 5.41) is 0.471. The first-order valence-electron chi connectivity index (χ1n) is 4.54. The molecule has 0 saturated carbocycles. The average Bonchev–Trinajstić information content (AvgIpc) is 2.57. The number of halogens is 5. The fourth-order valence-corrected chi connectivity index (χ4v) is 3.58. The van der Waals surface area contributed by atoms with Crippen LogP contribution >= 0.6 is 59.1 Å². The molecule has 0 aliphatic rings. The Labute approximate surface area is 127 Å². The highest BCUT2D eigenvalue weighted by Crippen LogP contribution is 2.33. The first kappa shape index (κ1) is 15.5. The van der Waals surface area contributed by atoms with Crippen LogP contribution in [0.2, 0.25) is 0 Å². The van der Waals surface area contributed by atoms with E-state index in [1.54, 1.807) is 6.07 Å². The highest BCUT2D eigenvalue weighted by molar-refractivity contribution is 9.13. The minimum absolute atomic E-state index is 0.260. The van der Waals surface area contributed by atoms with Crippen LogP contribution in [0, 0.1) is 0 Å². The molecule has 0 unspecified atom stereocenters. The summed E-state index contributed by atoms with van der Waals surface area (Å²) in [4.78, 5) is 13.6. The Bertz CT molecular complexity index is 380. The topological polar surface area (TPSA) is 20.3 Å². The molecular formula is C9H8Br3F2NOS. The Hall–Kier alpha value is 0.470. The van der Waals surface area contributed by atoms with Crippen LogP contribution in [0.15, 0.2) is 14.3 Å². The van der Waals surface area contributed by atoms with Crippen molar-refractivity contribution in [3.05, 3.63) is 19.2 Å². The number of thiophene rings is 1. The van der Waals surface area contributed by atoms with Gasteiger partial charge in [-0.25, -0.2) is 8.78 Å². The van der Waals surface area contributed by atoms with Gasteiger partial charge in [0.05, 0.1) is 15.2 Å². The van der Waals surface area contributed by atoms with Crippen molar-refractivity contribution in [2.45, 2.75) is 6.43 Å². The van der Waals surface area contributed by atoms with E-state index in [2.05, 4.69) is 47.8 Å². The summed E-state index contributed by atoms with van der Waals surface area (Å²) in [7, 11) is 0. The monoisotopic (exact) mass is 453 g/mol. The third kappa shape index (κ3) is 4.57. The number of hydrogen-bond acceptors (Lipinski definition) is 2. The van der Waals surface area contributed by atoms with E-state index in [4.69, 9.17) is 0 Å². The maximum Gasteiger partial charge on any atom is 0.264 e. The standard InChI is InChI=1S/C9H8Br3F2NOS/c10-1-2-15(4-7(13)14)9(16)6-3-5(11)8(12)17-6/h3,7H,1-2,4H2. The molecule has 0 fully saturated rings. The maximum atomic E-state index is 12.3. The highest BCUT2D eigenvalue weighted by atomic mass is 79.9. The Kier molecular flexibility index (Phi) is 6.54. The zero-order valence-corrected chi connectivity index (χ0v) is 14.0. The number of carbonyl (C=O) groups is 1. The Morgan fingerprint density at radius 3 is 2.53 bits per heavy atom. The highest BCUT2D eigenvalue weighted by Gasteiger charge is 2.21. The first-order valence-corrected chi connectivity index (χ1v) is 8.06. The quantitative estimate of drug-likeness (QED) is 0.603. The zero-order valence-electron chi connectivity index (χ0n) is 8.43. The van der Waals surface area contributed by atoms with Crippen molar-refractivity contribution < 1.29 is 13.6 Å². The molecule has 0 saturated heterocycles. The van der Waals surface area contributed by atoms with E-state index < -0.39 is 13.0 Å². The van der Waals surface area contributed by atoms with Crippen LogP contribution in [-0.2, 0) is 0 Å². The predicted octanol–water partition coefficient (Wildman–Crippen LogP) is 4.38. The number of amides is 1. The normalized spacial score (nSPS) is 10.9. The summed E-state index contributed by atoms with van der Waals surface area (Å²) in [6, 6.07) is 1.63. The van der Waals surface area contributed by atoms with Gasteiger partial charge in [-0.2, -0.15) is 0 Å². The van der Waals surface area contributed by atoms with Crippen LogP contribution < -0.4 is 0 Å². The van der Waals surface area contributed by atoms with Gasteiger partial charge in [0.1, 0.15) is 0 Å². The third-order valence-electron chi connectivity index (χ3n) is 1.86. The molecule has 1 amide bonds. The van der Waals surface area contributed by atoms with Gasteiger partial charge >= 0.3 is 0 Å². The third-order valence-corrected chi connectivity index (χ3v) is 5.45. The van der Waals surface area contributed by atoms with Crippen LogP contribution in [0.3, 0.4) is 0 Å². The molecule has 0 N–H and O–H groups in total. The van der Waals surface area contributed by atoms with Crippen LogP contribution in [-0.4, -0.2) is 35.7 Å². The predicted molar refractivity (Wildman–Crippen MR) is 75.4 cm³/mol. The van der Waals surface area contributed by atoms with Crippen molar-refractivity contribution in [1.82, 2.24) is 4.90 Å². The Balaban J connectivity index is 2.83. The molecule has 96 valence electrons. The van der Waals surface area contributed by atoms with E-state index >= 15 is 0 Å². The largest absolute Gasteiger partial charge is 0.331 e. The van der Waals surface area contributed by atoms with E-state index in [1.807, 2.05) is 0 Å². The molecule has 0 aliphatic heterocycles. The molecule has 2 nitrogen and oxygen atoms in total. The number of carbonyl (C=O) groups excluding carboxylic acids is 1. The molecule has 0 aliphatic carbocycles. The molecule has 1 aromatic rings. The van der Waals surface area contributed by atoms with Crippen molar-refractivity contribution >= 4 is 65.0 Å². The number of alkyl halides is 3. The summed E-state index contributed by atoms with van der Waals surface area (Å²) < 4.78 is 26.2. The molecule has 0 radical (unpaired) electrons. The molecule has 1 rings (SSSR count). The molecule has 1 heterocycles. The van der Waals surface area contributed by atoms with Crippen LogP contribution in [0.1, 0.15) is 9.67 Å². The van der Waals surface area contributed by atoms with E-state index in [1.165, 1.54) is 11.3 Å². The fourth-order valence-electron chi connectivity index (χ4n) is 1.15. The summed E-state index contributed by atoms with van der Waals surface area (Å²) in [6.07, 6.45) is -2.52. The SMILES string of the molecule is O=C(c1cc(Br)c(Br)s1)N(CCBr)CC(F)F. The average molecular weight is 456 g/mol. The van der Waals surface area contributed by atoms with Gasteiger partial charge in [-0.05, 0) is 37.9 Å². The minimum Gasteiger partial charge on any atom is -0.331 e. The summed E-state index contributed by atoms with van der Waals surface area (Å²) >= 11 is 10.9.